The van der Waals surface area contributed by atoms with E-state index in [9.17, 15) is 4.79 Å². The van der Waals surface area contributed by atoms with Gasteiger partial charge in [0, 0.05) is 27.5 Å². The van der Waals surface area contributed by atoms with E-state index >= 15 is 0 Å². The summed E-state index contributed by atoms with van der Waals surface area (Å²) in [5.74, 6) is -0.984. The second kappa shape index (κ2) is 5.49. The smallest absolute Gasteiger partial charge is 0.338 e. The van der Waals surface area contributed by atoms with Crippen molar-refractivity contribution in [3.63, 3.8) is 0 Å². The largest absolute Gasteiger partial charge is 0.478 e. The quantitative estimate of drug-likeness (QED) is 0.937. The van der Waals surface area contributed by atoms with Crippen LogP contribution in [0, 0.1) is 6.92 Å². The zero-order valence-electron chi connectivity index (χ0n) is 9.42. The van der Waals surface area contributed by atoms with Crippen LogP contribution in [0.5, 0.6) is 0 Å². The van der Waals surface area contributed by atoms with Crippen molar-refractivity contribution in [3.05, 3.63) is 46.3 Å². The number of carboxylic acid groups (broad SMARTS) is 1. The van der Waals surface area contributed by atoms with Crippen molar-refractivity contribution in [2.24, 2.45) is 0 Å². The Kier molecular flexibility index (Phi) is 3.98. The molecule has 0 aliphatic heterocycles. The molecule has 0 radical (unpaired) electrons. The Labute approximate surface area is 117 Å². The molecule has 0 spiro atoms. The fraction of sp³-hybridized carbons (Fsp3) is 0.0833. The van der Waals surface area contributed by atoms with Gasteiger partial charge in [-0.25, -0.2) is 9.78 Å². The van der Waals surface area contributed by atoms with Crippen LogP contribution < -0.4 is 0 Å². The molecule has 0 atom stereocenters. The van der Waals surface area contributed by atoms with Gasteiger partial charge in [0.05, 0.1) is 5.56 Å². The first-order chi connectivity index (χ1) is 8.56. The highest BCUT2D eigenvalue weighted by Gasteiger charge is 2.12. The van der Waals surface area contributed by atoms with E-state index in [0.717, 1.165) is 15.2 Å². The minimum Gasteiger partial charge on any atom is -0.478 e. The number of aromatic nitrogens is 2. The van der Waals surface area contributed by atoms with Crippen molar-refractivity contribution >= 4 is 33.7 Å². The minimum absolute atomic E-state index is 0.190. The lowest BCUT2D eigenvalue weighted by Gasteiger charge is -2.05. The monoisotopic (exact) mass is 324 g/mol. The molecule has 0 amide bonds. The third kappa shape index (κ3) is 3.08. The molecule has 1 N–H and O–H groups in total. The molecule has 92 valence electrons. The van der Waals surface area contributed by atoms with Crippen LogP contribution in [-0.2, 0) is 0 Å². The molecule has 18 heavy (non-hydrogen) atoms. The fourth-order valence-corrected chi connectivity index (χ4v) is 2.50. The number of carbonyl (C=O) groups is 1. The van der Waals surface area contributed by atoms with Crippen molar-refractivity contribution in [1.82, 2.24) is 9.97 Å². The molecule has 6 heteroatoms. The number of aryl methyl sites for hydroxylation is 1. The highest BCUT2D eigenvalue weighted by molar-refractivity contribution is 9.10. The number of pyridine rings is 2. The van der Waals surface area contributed by atoms with E-state index < -0.39 is 5.97 Å². The molecule has 2 aromatic rings. The summed E-state index contributed by atoms with van der Waals surface area (Å²) in [6.07, 6.45) is 3.05. The summed E-state index contributed by atoms with van der Waals surface area (Å²) in [6.45, 7) is 1.82. The van der Waals surface area contributed by atoms with E-state index in [1.807, 2.05) is 19.1 Å². The lowest BCUT2D eigenvalue weighted by Crippen LogP contribution is -2.00. The average Bonchev–Trinajstić information content (AvgIpc) is 2.32. The van der Waals surface area contributed by atoms with E-state index in [0.29, 0.717) is 4.90 Å². The van der Waals surface area contributed by atoms with E-state index in [4.69, 9.17) is 5.11 Å². The van der Waals surface area contributed by atoms with E-state index in [-0.39, 0.29) is 5.56 Å². The van der Waals surface area contributed by atoms with Crippen molar-refractivity contribution in [2.45, 2.75) is 16.8 Å². The molecule has 0 aliphatic rings. The highest BCUT2D eigenvalue weighted by atomic mass is 79.9. The molecule has 2 aromatic heterocycles. The van der Waals surface area contributed by atoms with E-state index in [2.05, 4.69) is 25.9 Å². The number of carboxylic acids is 1. The Morgan fingerprint density at radius 1 is 1.33 bits per heavy atom. The Morgan fingerprint density at radius 2 is 2.11 bits per heavy atom. The third-order valence-corrected chi connectivity index (χ3v) is 3.63. The van der Waals surface area contributed by atoms with Crippen LogP contribution in [0.25, 0.3) is 0 Å². The van der Waals surface area contributed by atoms with E-state index in [1.165, 1.54) is 18.0 Å². The van der Waals surface area contributed by atoms with Gasteiger partial charge in [-0.05, 0) is 41.1 Å². The van der Waals surface area contributed by atoms with Gasteiger partial charge in [0.25, 0.3) is 0 Å². The third-order valence-electron chi connectivity index (χ3n) is 2.15. The minimum atomic E-state index is -0.984. The van der Waals surface area contributed by atoms with Crippen LogP contribution in [0.2, 0.25) is 0 Å². The predicted molar refractivity (Wildman–Crippen MR) is 72.0 cm³/mol. The Morgan fingerprint density at radius 3 is 2.72 bits per heavy atom. The number of rotatable bonds is 3. The maximum Gasteiger partial charge on any atom is 0.338 e. The average molecular weight is 325 g/mol. The van der Waals surface area contributed by atoms with Gasteiger partial charge in [0.1, 0.15) is 5.03 Å². The maximum atomic E-state index is 11.1. The van der Waals surface area contributed by atoms with Gasteiger partial charge in [0.2, 0.25) is 0 Å². The van der Waals surface area contributed by atoms with Gasteiger partial charge >= 0.3 is 5.97 Å². The number of aromatic carboxylic acids is 1. The molecule has 2 heterocycles. The summed E-state index contributed by atoms with van der Waals surface area (Å²) in [7, 11) is 0. The number of hydrogen-bond donors (Lipinski definition) is 1. The van der Waals surface area contributed by atoms with Crippen LogP contribution in [-0.4, -0.2) is 21.0 Å². The van der Waals surface area contributed by atoms with E-state index in [1.54, 1.807) is 12.3 Å². The number of nitrogens with zero attached hydrogens (tertiary/aromatic N) is 2. The molecule has 0 fully saturated rings. The topological polar surface area (TPSA) is 63.1 Å². The van der Waals surface area contributed by atoms with Gasteiger partial charge in [-0.2, -0.15) is 0 Å². The first-order valence-electron chi connectivity index (χ1n) is 5.05. The molecule has 0 bridgehead atoms. The van der Waals surface area contributed by atoms with Crippen LogP contribution in [0.1, 0.15) is 16.1 Å². The normalized spacial score (nSPS) is 10.3. The Hall–Kier alpha value is -1.40. The lowest BCUT2D eigenvalue weighted by atomic mass is 10.2. The molecule has 2 rings (SSSR count). The first kappa shape index (κ1) is 13.0. The van der Waals surface area contributed by atoms with Crippen molar-refractivity contribution in [2.75, 3.05) is 0 Å². The Bertz CT molecular complexity index is 587. The van der Waals surface area contributed by atoms with Crippen LogP contribution in [0.4, 0.5) is 0 Å². The molecular formula is C12H9BrN2O2S. The standard InChI is InChI=1S/C12H9BrN2O2S/c1-7-4-10(9(6-14-7)12(16)17)18-11-3-2-8(13)5-15-11/h2-6H,1H3,(H,16,17). The van der Waals surface area contributed by atoms with Crippen molar-refractivity contribution < 1.29 is 9.90 Å². The summed E-state index contributed by atoms with van der Waals surface area (Å²) in [5.41, 5.74) is 0.968. The molecule has 0 aromatic carbocycles. The predicted octanol–water partition coefficient (Wildman–Crippen LogP) is 3.40. The number of hydrogen-bond acceptors (Lipinski definition) is 4. The van der Waals surface area contributed by atoms with Gasteiger partial charge in [-0.3, -0.25) is 4.98 Å². The zero-order valence-corrected chi connectivity index (χ0v) is 11.8. The summed E-state index contributed by atoms with van der Waals surface area (Å²) >= 11 is 4.62. The highest BCUT2D eigenvalue weighted by Crippen LogP contribution is 2.29. The lowest BCUT2D eigenvalue weighted by molar-refractivity contribution is 0.0692. The maximum absolute atomic E-state index is 11.1. The molecule has 0 aliphatic carbocycles. The van der Waals surface area contributed by atoms with Crippen LogP contribution >= 0.6 is 27.7 Å². The fourth-order valence-electron chi connectivity index (χ4n) is 1.32. The second-order valence-corrected chi connectivity index (χ2v) is 5.52. The zero-order chi connectivity index (χ0) is 13.1. The van der Waals surface area contributed by atoms with Crippen molar-refractivity contribution in [3.8, 4) is 0 Å². The molecule has 0 unspecified atom stereocenters. The van der Waals surface area contributed by atoms with Gasteiger partial charge in [-0.1, -0.05) is 11.8 Å². The molecule has 0 saturated carbocycles. The second-order valence-electron chi connectivity index (χ2n) is 3.54. The molecular weight excluding hydrogens is 316 g/mol. The summed E-state index contributed by atoms with van der Waals surface area (Å²) < 4.78 is 0.885. The molecule has 4 nitrogen and oxygen atoms in total. The van der Waals surface area contributed by atoms with Crippen LogP contribution in [0.3, 0.4) is 0 Å². The van der Waals surface area contributed by atoms with Crippen LogP contribution in [0.15, 0.2) is 45.0 Å². The summed E-state index contributed by atoms with van der Waals surface area (Å²) in [5, 5.41) is 9.84. The first-order valence-corrected chi connectivity index (χ1v) is 6.66. The van der Waals surface area contributed by atoms with Gasteiger partial charge in [-0.15, -0.1) is 0 Å². The van der Waals surface area contributed by atoms with Gasteiger partial charge < -0.3 is 5.11 Å². The van der Waals surface area contributed by atoms with Crippen molar-refractivity contribution in [1.29, 1.82) is 0 Å². The summed E-state index contributed by atoms with van der Waals surface area (Å²) in [6, 6.07) is 5.44. The Balaban J connectivity index is 2.35. The van der Waals surface area contributed by atoms with Gasteiger partial charge in [0.15, 0.2) is 0 Å². The number of halogens is 1. The molecule has 0 saturated heterocycles. The summed E-state index contributed by atoms with van der Waals surface area (Å²) in [4.78, 5) is 19.9. The SMILES string of the molecule is Cc1cc(Sc2ccc(Br)cn2)c(C(=O)O)cn1.